The molecule has 2 aliphatic heterocycles. The third-order valence-corrected chi connectivity index (χ3v) is 6.50. The normalized spacial score (nSPS) is 27.7. The lowest BCUT2D eigenvalue weighted by Crippen LogP contribution is -2.30. The molecule has 2 amide bonds. The SMILES string of the molecule is CCNC(=O)c1cc(C(=O)N[C@H]2[C@@H]3COC[C@@H]32)cc2c1OC(CF)C2c1ccccc1. The van der Waals surface area contributed by atoms with E-state index in [1.54, 1.807) is 12.1 Å². The molecule has 1 saturated heterocycles. The van der Waals surface area contributed by atoms with Crippen molar-refractivity contribution in [3.63, 3.8) is 0 Å². The molecule has 0 bridgehead atoms. The highest BCUT2D eigenvalue weighted by Gasteiger charge is 2.54. The second kappa shape index (κ2) is 7.96. The number of alkyl halides is 1. The Kier molecular flexibility index (Phi) is 5.14. The van der Waals surface area contributed by atoms with Gasteiger partial charge in [0.1, 0.15) is 18.5 Å². The molecule has 31 heavy (non-hydrogen) atoms. The molecule has 2 aromatic rings. The molecule has 0 radical (unpaired) electrons. The molecule has 1 aliphatic carbocycles. The molecule has 5 atom stereocenters. The highest BCUT2D eigenvalue weighted by molar-refractivity contribution is 6.02. The van der Waals surface area contributed by atoms with Crippen molar-refractivity contribution in [1.29, 1.82) is 0 Å². The third-order valence-electron chi connectivity index (χ3n) is 6.50. The number of carbonyl (C=O) groups excluding carboxylic acids is 2. The maximum atomic E-state index is 13.9. The molecule has 2 aromatic carbocycles. The maximum absolute atomic E-state index is 13.9. The van der Waals surface area contributed by atoms with Crippen LogP contribution in [-0.2, 0) is 4.74 Å². The van der Waals surface area contributed by atoms with Crippen LogP contribution < -0.4 is 15.4 Å². The van der Waals surface area contributed by atoms with Crippen molar-refractivity contribution in [3.8, 4) is 5.75 Å². The van der Waals surface area contributed by atoms with E-state index in [9.17, 15) is 14.0 Å². The zero-order chi connectivity index (χ0) is 21.5. The molecule has 6 nitrogen and oxygen atoms in total. The number of amides is 2. The van der Waals surface area contributed by atoms with E-state index >= 15 is 0 Å². The molecular formula is C24H25FN2O4. The summed E-state index contributed by atoms with van der Waals surface area (Å²) in [6, 6.07) is 12.9. The summed E-state index contributed by atoms with van der Waals surface area (Å²) in [6.07, 6.45) is -0.746. The summed E-state index contributed by atoms with van der Waals surface area (Å²) in [6.45, 7) is 2.90. The Bertz CT molecular complexity index is 1000. The zero-order valence-electron chi connectivity index (χ0n) is 17.3. The Morgan fingerprint density at radius 1 is 1.10 bits per heavy atom. The number of benzene rings is 2. The van der Waals surface area contributed by atoms with Gasteiger partial charge in [-0.1, -0.05) is 30.3 Å². The molecule has 7 heteroatoms. The van der Waals surface area contributed by atoms with Gasteiger partial charge in [-0.3, -0.25) is 9.59 Å². The van der Waals surface area contributed by atoms with E-state index in [0.717, 1.165) is 5.56 Å². The molecule has 2 fully saturated rings. The lowest BCUT2D eigenvalue weighted by Gasteiger charge is -2.16. The summed E-state index contributed by atoms with van der Waals surface area (Å²) in [4.78, 5) is 25.8. The Morgan fingerprint density at radius 3 is 2.52 bits per heavy atom. The molecule has 162 valence electrons. The van der Waals surface area contributed by atoms with Crippen LogP contribution in [0.15, 0.2) is 42.5 Å². The molecule has 2 unspecified atom stereocenters. The van der Waals surface area contributed by atoms with Crippen LogP contribution in [0.2, 0.25) is 0 Å². The highest BCUT2D eigenvalue weighted by atomic mass is 19.1. The zero-order valence-corrected chi connectivity index (χ0v) is 17.3. The number of hydrogen-bond acceptors (Lipinski definition) is 4. The van der Waals surface area contributed by atoms with Gasteiger partial charge in [0.05, 0.1) is 24.7 Å². The summed E-state index contributed by atoms with van der Waals surface area (Å²) >= 11 is 0. The summed E-state index contributed by atoms with van der Waals surface area (Å²) in [7, 11) is 0. The van der Waals surface area contributed by atoms with Crippen LogP contribution in [0.25, 0.3) is 0 Å². The number of ether oxygens (including phenoxy) is 2. The summed E-state index contributed by atoms with van der Waals surface area (Å²) < 4.78 is 25.3. The van der Waals surface area contributed by atoms with E-state index < -0.39 is 18.7 Å². The fourth-order valence-corrected chi connectivity index (χ4v) is 4.85. The molecule has 5 rings (SSSR count). The predicted molar refractivity (Wildman–Crippen MR) is 112 cm³/mol. The number of hydrogen-bond donors (Lipinski definition) is 2. The van der Waals surface area contributed by atoms with Crippen molar-refractivity contribution >= 4 is 11.8 Å². The van der Waals surface area contributed by atoms with Crippen molar-refractivity contribution in [2.75, 3.05) is 26.4 Å². The number of fused-ring (bicyclic) bond motifs is 2. The molecule has 2 N–H and O–H groups in total. The summed E-state index contributed by atoms with van der Waals surface area (Å²) in [5, 5.41) is 5.85. The topological polar surface area (TPSA) is 76.7 Å². The molecule has 0 spiro atoms. The van der Waals surface area contributed by atoms with Crippen LogP contribution in [-0.4, -0.2) is 50.4 Å². The molecule has 3 aliphatic rings. The molecule has 2 heterocycles. The first-order chi connectivity index (χ1) is 15.1. The van der Waals surface area contributed by atoms with E-state index in [0.29, 0.717) is 48.5 Å². The lowest BCUT2D eigenvalue weighted by molar-refractivity contribution is 0.0928. The Balaban J connectivity index is 1.54. The van der Waals surface area contributed by atoms with E-state index in [2.05, 4.69) is 10.6 Å². The van der Waals surface area contributed by atoms with E-state index in [4.69, 9.17) is 9.47 Å². The minimum Gasteiger partial charge on any atom is -0.486 e. The smallest absolute Gasteiger partial charge is 0.255 e. The Hall–Kier alpha value is -2.93. The van der Waals surface area contributed by atoms with E-state index in [1.807, 2.05) is 37.3 Å². The van der Waals surface area contributed by atoms with Crippen LogP contribution in [0.5, 0.6) is 5.75 Å². The second-order valence-corrected chi connectivity index (χ2v) is 8.36. The molecule has 1 saturated carbocycles. The van der Waals surface area contributed by atoms with Gasteiger partial charge in [0, 0.05) is 35.5 Å². The van der Waals surface area contributed by atoms with Gasteiger partial charge < -0.3 is 20.1 Å². The largest absolute Gasteiger partial charge is 0.486 e. The van der Waals surface area contributed by atoms with Crippen LogP contribution in [0.4, 0.5) is 4.39 Å². The van der Waals surface area contributed by atoms with Gasteiger partial charge in [0.15, 0.2) is 0 Å². The average molecular weight is 424 g/mol. The van der Waals surface area contributed by atoms with E-state index in [1.165, 1.54) is 0 Å². The van der Waals surface area contributed by atoms with Crippen LogP contribution >= 0.6 is 0 Å². The van der Waals surface area contributed by atoms with Crippen molar-refractivity contribution in [3.05, 3.63) is 64.7 Å². The first-order valence-corrected chi connectivity index (χ1v) is 10.7. The van der Waals surface area contributed by atoms with Gasteiger partial charge in [-0.05, 0) is 24.6 Å². The molecular weight excluding hydrogens is 399 g/mol. The Labute approximate surface area is 180 Å². The second-order valence-electron chi connectivity index (χ2n) is 8.36. The minimum atomic E-state index is -0.746. The van der Waals surface area contributed by atoms with Crippen molar-refractivity contribution in [1.82, 2.24) is 10.6 Å². The van der Waals surface area contributed by atoms with E-state index in [-0.39, 0.29) is 23.4 Å². The van der Waals surface area contributed by atoms with Crippen LogP contribution in [0.3, 0.4) is 0 Å². The molecule has 0 aromatic heterocycles. The highest BCUT2D eigenvalue weighted by Crippen LogP contribution is 2.46. The van der Waals surface area contributed by atoms with Crippen molar-refractivity contribution in [2.24, 2.45) is 11.8 Å². The fourth-order valence-electron chi connectivity index (χ4n) is 4.85. The van der Waals surface area contributed by atoms with Gasteiger partial charge in [0.25, 0.3) is 11.8 Å². The fraction of sp³-hybridized carbons (Fsp3) is 0.417. The monoisotopic (exact) mass is 424 g/mol. The first kappa shape index (κ1) is 20.0. The predicted octanol–water partition coefficient (Wildman–Crippen LogP) is 2.67. The average Bonchev–Trinajstić information content (AvgIpc) is 3.13. The van der Waals surface area contributed by atoms with Gasteiger partial charge in [-0.15, -0.1) is 0 Å². The lowest BCUT2D eigenvalue weighted by atomic mass is 9.86. The summed E-state index contributed by atoms with van der Waals surface area (Å²) in [5.74, 6) is 0.140. The maximum Gasteiger partial charge on any atom is 0.255 e. The van der Waals surface area contributed by atoms with Gasteiger partial charge in [0.2, 0.25) is 0 Å². The first-order valence-electron chi connectivity index (χ1n) is 10.7. The standard InChI is InChI=1S/C24H25FN2O4/c1-2-26-24(29)16-9-14(23(28)27-21-17-11-30-12-18(17)21)8-15-20(13-6-4-3-5-7-13)19(10-25)31-22(15)16/h3-9,17-21H,2,10-12H2,1H3,(H,26,29)(H,27,28)/t17-,18+,19?,20?,21+. The van der Waals surface area contributed by atoms with Gasteiger partial charge in [-0.2, -0.15) is 0 Å². The van der Waals surface area contributed by atoms with Crippen LogP contribution in [0.1, 0.15) is 44.7 Å². The number of rotatable bonds is 6. The number of carbonyl (C=O) groups is 2. The van der Waals surface area contributed by atoms with Gasteiger partial charge >= 0.3 is 0 Å². The van der Waals surface area contributed by atoms with Crippen LogP contribution in [0, 0.1) is 11.8 Å². The number of nitrogens with one attached hydrogen (secondary N) is 2. The third kappa shape index (κ3) is 3.47. The van der Waals surface area contributed by atoms with Crippen molar-refractivity contribution in [2.45, 2.75) is 25.0 Å². The number of halogens is 1. The summed E-state index contributed by atoms with van der Waals surface area (Å²) in [5.41, 5.74) is 2.20. The van der Waals surface area contributed by atoms with Gasteiger partial charge in [-0.25, -0.2) is 4.39 Å². The van der Waals surface area contributed by atoms with Crippen molar-refractivity contribution < 1.29 is 23.5 Å². The minimum absolute atomic E-state index is 0.113. The Morgan fingerprint density at radius 2 is 1.84 bits per heavy atom. The quantitative estimate of drug-likeness (QED) is 0.748.